The summed E-state index contributed by atoms with van der Waals surface area (Å²) in [5.41, 5.74) is 1.37. The van der Waals surface area contributed by atoms with Crippen LogP contribution in [0.4, 0.5) is 5.69 Å². The van der Waals surface area contributed by atoms with Crippen LogP contribution in [0, 0.1) is 0 Å². The molecule has 0 aliphatic carbocycles. The van der Waals surface area contributed by atoms with Gasteiger partial charge in [0.2, 0.25) is 11.1 Å². The number of carbonyl (C=O) groups excluding carboxylic acids is 2. The summed E-state index contributed by atoms with van der Waals surface area (Å²) in [7, 11) is 1.44. The van der Waals surface area contributed by atoms with Gasteiger partial charge in [0, 0.05) is 29.0 Å². The highest BCUT2D eigenvalue weighted by Crippen LogP contribution is 2.44. The van der Waals surface area contributed by atoms with Crippen LogP contribution >= 0.6 is 23.4 Å². The Hall–Kier alpha value is -3.37. The number of aromatic amines is 1. The maximum Gasteiger partial charge on any atom is 0.325 e. The summed E-state index contributed by atoms with van der Waals surface area (Å²) in [4.78, 5) is 44.1. The number of rotatable bonds is 8. The van der Waals surface area contributed by atoms with Gasteiger partial charge in [0.1, 0.15) is 0 Å². The number of ether oxygens (including phenoxy) is 2. The first kappa shape index (κ1) is 26.7. The number of nitrogens with zero attached hydrogens (tertiary/aromatic N) is 3. The number of para-hydroxylation sites is 1. The highest BCUT2D eigenvalue weighted by atomic mass is 35.5. The van der Waals surface area contributed by atoms with Gasteiger partial charge in [0.25, 0.3) is 6.17 Å². The smallest absolute Gasteiger partial charge is 0.325 e. The van der Waals surface area contributed by atoms with E-state index in [1.54, 1.807) is 47.6 Å². The second kappa shape index (κ2) is 11.4. The molecule has 3 aromatic rings. The summed E-state index contributed by atoms with van der Waals surface area (Å²) in [5.74, 6) is -0.294. The van der Waals surface area contributed by atoms with Crippen molar-refractivity contribution in [3.8, 4) is 22.8 Å². The minimum Gasteiger partial charge on any atom is -0.493 e. The first-order chi connectivity index (χ1) is 17.8. The molecule has 2 heterocycles. The molecule has 0 fully saturated rings. The molecule has 0 saturated carbocycles. The molecule has 4 rings (SSSR count). The lowest BCUT2D eigenvalue weighted by Crippen LogP contribution is -2.61. The van der Waals surface area contributed by atoms with E-state index in [1.165, 1.54) is 23.6 Å². The Labute approximate surface area is 223 Å². The number of hydrogen-bond donors (Lipinski definition) is 1. The minimum atomic E-state index is -0.978. The third-order valence-corrected chi connectivity index (χ3v) is 6.69. The number of methoxy groups -OCH3 is 1. The molecule has 0 saturated heterocycles. The number of aromatic nitrogens is 3. The summed E-state index contributed by atoms with van der Waals surface area (Å²) < 4.78 is 12.8. The number of H-pyrrole nitrogens is 1. The number of amides is 1. The molecule has 0 spiro atoms. The van der Waals surface area contributed by atoms with E-state index in [9.17, 15) is 14.4 Å². The van der Waals surface area contributed by atoms with E-state index in [1.807, 2.05) is 13.8 Å². The van der Waals surface area contributed by atoms with Gasteiger partial charge in [-0.15, -0.1) is 0 Å². The molecule has 1 aromatic heterocycles. The van der Waals surface area contributed by atoms with E-state index in [2.05, 4.69) is 10.1 Å². The van der Waals surface area contributed by atoms with Crippen molar-refractivity contribution in [3.63, 3.8) is 0 Å². The summed E-state index contributed by atoms with van der Waals surface area (Å²) in [5, 5.41) is 5.36. The molecule has 2 aromatic carbocycles. The molecule has 1 amide bonds. The molecule has 37 heavy (non-hydrogen) atoms. The Bertz CT molecular complexity index is 1410. The normalized spacial score (nSPS) is 14.1. The van der Waals surface area contributed by atoms with Gasteiger partial charge >= 0.3 is 17.2 Å². The van der Waals surface area contributed by atoms with E-state index in [-0.39, 0.29) is 41.5 Å². The molecule has 194 valence electrons. The highest BCUT2D eigenvalue weighted by molar-refractivity contribution is 7.98. The number of fused-ring (bicyclic) bond motifs is 3. The van der Waals surface area contributed by atoms with Gasteiger partial charge in [0.05, 0.1) is 23.9 Å². The highest BCUT2D eigenvalue weighted by Gasteiger charge is 2.47. The number of benzene rings is 2. The average Bonchev–Trinajstić information content (AvgIpc) is 2.88. The van der Waals surface area contributed by atoms with Crippen molar-refractivity contribution in [3.05, 3.63) is 57.3 Å². The fraction of sp³-hybridized carbons (Fsp3) is 0.346. The van der Waals surface area contributed by atoms with Crippen molar-refractivity contribution in [2.45, 2.75) is 50.9 Å². The van der Waals surface area contributed by atoms with E-state index in [0.717, 1.165) is 0 Å². The van der Waals surface area contributed by atoms with Gasteiger partial charge in [-0.3, -0.25) is 19.4 Å². The van der Waals surface area contributed by atoms with Crippen LogP contribution in [0.5, 0.6) is 11.5 Å². The van der Waals surface area contributed by atoms with Crippen molar-refractivity contribution >= 4 is 40.9 Å². The lowest BCUT2D eigenvalue weighted by molar-refractivity contribution is -0.763. The number of hydrogen-bond acceptors (Lipinski definition) is 7. The van der Waals surface area contributed by atoms with Crippen LogP contribution < -0.4 is 24.6 Å². The quantitative estimate of drug-likeness (QED) is 0.193. The molecule has 1 N–H and O–H groups in total. The monoisotopic (exact) mass is 543 g/mol. The molecular weight excluding hydrogens is 516 g/mol. The zero-order valence-corrected chi connectivity index (χ0v) is 22.6. The Morgan fingerprint density at radius 1 is 1.19 bits per heavy atom. The molecule has 0 radical (unpaired) electrons. The van der Waals surface area contributed by atoms with Crippen LogP contribution in [-0.2, 0) is 9.59 Å². The van der Waals surface area contributed by atoms with Crippen LogP contribution in [0.1, 0.15) is 51.3 Å². The Morgan fingerprint density at radius 3 is 2.59 bits per heavy atom. The van der Waals surface area contributed by atoms with Crippen molar-refractivity contribution in [2.24, 2.45) is 0 Å². The first-order valence-corrected chi connectivity index (χ1v) is 13.5. The topological polar surface area (TPSA) is 105 Å². The molecule has 11 heteroatoms. The fourth-order valence-electron chi connectivity index (χ4n) is 4.36. The van der Waals surface area contributed by atoms with Crippen molar-refractivity contribution in [1.82, 2.24) is 10.1 Å². The predicted molar refractivity (Wildman–Crippen MR) is 141 cm³/mol. The Morgan fingerprint density at radius 2 is 1.92 bits per heavy atom. The summed E-state index contributed by atoms with van der Waals surface area (Å²) in [6.45, 7) is 3.79. The van der Waals surface area contributed by atoms with Gasteiger partial charge in [-0.1, -0.05) is 49.3 Å². The third kappa shape index (κ3) is 5.08. The van der Waals surface area contributed by atoms with Crippen molar-refractivity contribution in [1.29, 1.82) is 0 Å². The van der Waals surface area contributed by atoms with Gasteiger partial charge in [-0.25, -0.2) is 4.90 Å². The molecule has 1 unspecified atom stereocenters. The van der Waals surface area contributed by atoms with Crippen molar-refractivity contribution < 1.29 is 23.7 Å². The molecular formula is C26H28ClN4O5S+. The van der Waals surface area contributed by atoms with Gasteiger partial charge < -0.3 is 9.47 Å². The number of halogens is 1. The minimum absolute atomic E-state index is 0.121. The maximum absolute atomic E-state index is 13.7. The predicted octanol–water partition coefficient (Wildman–Crippen LogP) is 4.51. The number of nitrogens with one attached hydrogen (secondary N) is 1. The number of thioether (sulfide) groups is 1. The van der Waals surface area contributed by atoms with E-state index >= 15 is 0 Å². The van der Waals surface area contributed by atoms with Crippen LogP contribution in [0.15, 0.2) is 46.3 Å². The third-order valence-electron chi connectivity index (χ3n) is 5.90. The SMILES string of the molecule is CCCC(=O)Oc1c(OC)cc(Cl)cc1C1N(C(=O)CCC)c2ccccc2-c2c(=O)[nH]c(SC)n[n+]21. The van der Waals surface area contributed by atoms with Crippen LogP contribution in [0.3, 0.4) is 0 Å². The Kier molecular flexibility index (Phi) is 8.19. The summed E-state index contributed by atoms with van der Waals surface area (Å²) >= 11 is 7.76. The van der Waals surface area contributed by atoms with Gasteiger partial charge in [-0.2, -0.15) is 0 Å². The van der Waals surface area contributed by atoms with E-state index < -0.39 is 12.1 Å². The maximum atomic E-state index is 13.7. The molecule has 1 aliphatic rings. The van der Waals surface area contributed by atoms with Crippen LogP contribution in [-0.4, -0.2) is 35.3 Å². The van der Waals surface area contributed by atoms with Crippen molar-refractivity contribution in [2.75, 3.05) is 18.3 Å². The largest absolute Gasteiger partial charge is 0.493 e. The zero-order chi connectivity index (χ0) is 26.7. The molecule has 0 bridgehead atoms. The standard InChI is InChI=1S/C26H27ClN4O5S/c1-5-9-20(32)30-18-12-8-7-11-16(18)22-24(34)28-26(37-4)29-31(22)25(30)17-13-15(27)14-19(35-3)23(17)36-21(33)10-6-2/h7-8,11-14,25H,5-6,9-10H2,1-4H3/p+1. The van der Waals surface area contributed by atoms with E-state index in [0.29, 0.717) is 39.8 Å². The number of esters is 1. The Balaban J connectivity index is 2.10. The van der Waals surface area contributed by atoms with E-state index in [4.69, 9.17) is 21.1 Å². The fourth-order valence-corrected chi connectivity index (χ4v) is 4.94. The second-order valence-corrected chi connectivity index (χ2v) is 9.64. The first-order valence-electron chi connectivity index (χ1n) is 11.9. The van der Waals surface area contributed by atoms with Gasteiger partial charge in [0.15, 0.2) is 11.5 Å². The summed E-state index contributed by atoms with van der Waals surface area (Å²) in [6, 6.07) is 10.3. The average molecular weight is 544 g/mol. The number of anilines is 1. The van der Waals surface area contributed by atoms with Crippen LogP contribution in [0.25, 0.3) is 11.3 Å². The zero-order valence-electron chi connectivity index (χ0n) is 21.0. The molecule has 9 nitrogen and oxygen atoms in total. The number of carbonyl (C=O) groups is 2. The molecule has 1 aliphatic heterocycles. The van der Waals surface area contributed by atoms with Gasteiger partial charge in [-0.05, 0) is 42.0 Å². The lowest BCUT2D eigenvalue weighted by Gasteiger charge is -2.33. The lowest BCUT2D eigenvalue weighted by atomic mass is 10.00. The second-order valence-electron chi connectivity index (χ2n) is 8.41. The van der Waals surface area contributed by atoms with Crippen LogP contribution in [0.2, 0.25) is 5.02 Å². The summed E-state index contributed by atoms with van der Waals surface area (Å²) in [6.07, 6.45) is 2.45. The molecule has 1 atom stereocenters.